The first kappa shape index (κ1) is 14.4. The van der Waals surface area contributed by atoms with Gasteiger partial charge in [0.25, 0.3) is 0 Å². The Hall–Kier alpha value is -1.56. The van der Waals surface area contributed by atoms with Gasteiger partial charge in [-0.1, -0.05) is 0 Å². The number of methoxy groups -OCH3 is 1. The summed E-state index contributed by atoms with van der Waals surface area (Å²) in [6, 6.07) is 6.18. The van der Waals surface area contributed by atoms with Crippen LogP contribution in [0.2, 0.25) is 0 Å². The summed E-state index contributed by atoms with van der Waals surface area (Å²) in [4.78, 5) is 2.50. The third-order valence-corrected chi connectivity index (χ3v) is 4.03. The molecule has 0 spiro atoms. The third kappa shape index (κ3) is 3.56. The van der Waals surface area contributed by atoms with Gasteiger partial charge in [0.2, 0.25) is 0 Å². The van der Waals surface area contributed by atoms with Gasteiger partial charge >= 0.3 is 6.61 Å². The lowest BCUT2D eigenvalue weighted by atomic mass is 10.2. The van der Waals surface area contributed by atoms with E-state index in [9.17, 15) is 8.78 Å². The van der Waals surface area contributed by atoms with E-state index in [-0.39, 0.29) is 5.75 Å². The smallest absolute Gasteiger partial charge is 0.387 e. The number of rotatable bonds is 6. The Morgan fingerprint density at radius 1 is 1.24 bits per heavy atom. The SMILES string of the molecule is COc1ccc(NC2CCN(C3CC3)C2)cc1OC(F)F. The number of nitrogens with zero attached hydrogens (tertiary/aromatic N) is 1. The van der Waals surface area contributed by atoms with E-state index >= 15 is 0 Å². The molecule has 1 heterocycles. The predicted octanol–water partition coefficient (Wildman–Crippen LogP) is 2.95. The maximum atomic E-state index is 12.4. The lowest BCUT2D eigenvalue weighted by molar-refractivity contribution is -0.0511. The van der Waals surface area contributed by atoms with Crippen molar-refractivity contribution in [1.29, 1.82) is 0 Å². The van der Waals surface area contributed by atoms with Gasteiger partial charge in [-0.2, -0.15) is 8.78 Å². The largest absolute Gasteiger partial charge is 0.493 e. The molecule has 0 amide bonds. The normalized spacial score (nSPS) is 22.6. The molecule has 6 heteroatoms. The molecule has 1 saturated heterocycles. The fraction of sp³-hybridized carbons (Fsp3) is 0.600. The van der Waals surface area contributed by atoms with Crippen molar-refractivity contribution in [2.75, 3.05) is 25.5 Å². The van der Waals surface area contributed by atoms with Crippen LogP contribution in [-0.2, 0) is 0 Å². The van der Waals surface area contributed by atoms with Gasteiger partial charge in [0, 0.05) is 36.9 Å². The lowest BCUT2D eigenvalue weighted by Gasteiger charge is -2.18. The van der Waals surface area contributed by atoms with Gasteiger partial charge in [0.1, 0.15) is 0 Å². The number of benzene rings is 1. The number of nitrogens with one attached hydrogen (secondary N) is 1. The summed E-state index contributed by atoms with van der Waals surface area (Å²) >= 11 is 0. The molecule has 2 aliphatic rings. The average Bonchev–Trinajstić information content (AvgIpc) is 3.19. The van der Waals surface area contributed by atoms with Crippen LogP contribution in [0, 0.1) is 0 Å². The van der Waals surface area contributed by atoms with E-state index in [1.54, 1.807) is 12.1 Å². The molecule has 1 aromatic carbocycles. The molecular formula is C15H20F2N2O2. The van der Waals surface area contributed by atoms with Crippen LogP contribution in [0.25, 0.3) is 0 Å². The minimum absolute atomic E-state index is 0.0644. The maximum absolute atomic E-state index is 12.4. The standard InChI is InChI=1S/C15H20F2N2O2/c1-20-13-5-2-10(8-14(13)21-15(16)17)18-11-6-7-19(9-11)12-3-4-12/h2,5,8,11-12,15,18H,3-4,6-7,9H2,1H3. The summed E-state index contributed by atoms with van der Waals surface area (Å²) in [5.74, 6) is 0.376. The highest BCUT2D eigenvalue weighted by Crippen LogP contribution is 2.33. The zero-order valence-corrected chi connectivity index (χ0v) is 12.0. The minimum Gasteiger partial charge on any atom is -0.493 e. The summed E-state index contributed by atoms with van der Waals surface area (Å²) in [5.41, 5.74) is 0.786. The van der Waals surface area contributed by atoms with E-state index in [1.807, 2.05) is 6.07 Å². The van der Waals surface area contributed by atoms with E-state index in [1.165, 1.54) is 20.0 Å². The monoisotopic (exact) mass is 298 g/mol. The van der Waals surface area contributed by atoms with E-state index in [0.717, 1.165) is 31.2 Å². The summed E-state index contributed by atoms with van der Waals surface area (Å²) in [5, 5.41) is 3.40. The number of halogens is 2. The molecule has 1 unspecified atom stereocenters. The zero-order valence-electron chi connectivity index (χ0n) is 12.0. The van der Waals surface area contributed by atoms with Gasteiger partial charge in [0.15, 0.2) is 11.5 Å². The topological polar surface area (TPSA) is 33.7 Å². The van der Waals surface area contributed by atoms with E-state index in [2.05, 4.69) is 15.0 Å². The van der Waals surface area contributed by atoms with Crippen molar-refractivity contribution in [3.63, 3.8) is 0 Å². The van der Waals surface area contributed by atoms with Gasteiger partial charge in [-0.15, -0.1) is 0 Å². The highest BCUT2D eigenvalue weighted by Gasteiger charge is 2.34. The molecular weight excluding hydrogens is 278 g/mol. The molecule has 2 fully saturated rings. The van der Waals surface area contributed by atoms with Crippen LogP contribution < -0.4 is 14.8 Å². The van der Waals surface area contributed by atoms with Crippen molar-refractivity contribution in [2.45, 2.75) is 38.0 Å². The maximum Gasteiger partial charge on any atom is 0.387 e. The Bertz CT molecular complexity index is 495. The second-order valence-electron chi connectivity index (χ2n) is 5.60. The van der Waals surface area contributed by atoms with Crippen molar-refractivity contribution in [1.82, 2.24) is 4.90 Å². The highest BCUT2D eigenvalue weighted by atomic mass is 19.3. The highest BCUT2D eigenvalue weighted by molar-refractivity contribution is 5.55. The summed E-state index contributed by atoms with van der Waals surface area (Å²) in [6.07, 6.45) is 3.69. The molecule has 0 aromatic heterocycles. The van der Waals surface area contributed by atoms with Crippen molar-refractivity contribution in [3.8, 4) is 11.5 Å². The van der Waals surface area contributed by atoms with Gasteiger partial charge < -0.3 is 14.8 Å². The Morgan fingerprint density at radius 2 is 2.05 bits per heavy atom. The molecule has 21 heavy (non-hydrogen) atoms. The third-order valence-electron chi connectivity index (χ3n) is 4.03. The zero-order chi connectivity index (χ0) is 14.8. The molecule has 1 aliphatic heterocycles. The van der Waals surface area contributed by atoms with Crippen molar-refractivity contribution in [3.05, 3.63) is 18.2 Å². The number of ether oxygens (including phenoxy) is 2. The van der Waals surface area contributed by atoms with Crippen molar-refractivity contribution in [2.24, 2.45) is 0 Å². The van der Waals surface area contributed by atoms with Gasteiger partial charge in [-0.05, 0) is 31.4 Å². The average molecular weight is 298 g/mol. The van der Waals surface area contributed by atoms with E-state index in [4.69, 9.17) is 4.74 Å². The van der Waals surface area contributed by atoms with Crippen molar-refractivity contribution >= 4 is 5.69 Å². The minimum atomic E-state index is -2.86. The van der Waals surface area contributed by atoms with Crippen LogP contribution in [0.1, 0.15) is 19.3 Å². The van der Waals surface area contributed by atoms with Gasteiger partial charge in [0.05, 0.1) is 7.11 Å². The second-order valence-corrected chi connectivity index (χ2v) is 5.60. The number of hydrogen-bond donors (Lipinski definition) is 1. The van der Waals surface area contributed by atoms with E-state index in [0.29, 0.717) is 11.8 Å². The van der Waals surface area contributed by atoms with E-state index < -0.39 is 6.61 Å². The molecule has 4 nitrogen and oxygen atoms in total. The quantitative estimate of drug-likeness (QED) is 0.875. The summed E-state index contributed by atoms with van der Waals surface area (Å²) < 4.78 is 34.4. The van der Waals surface area contributed by atoms with Crippen LogP contribution in [0.3, 0.4) is 0 Å². The molecule has 0 bridgehead atoms. The van der Waals surface area contributed by atoms with Crippen LogP contribution >= 0.6 is 0 Å². The molecule has 1 N–H and O–H groups in total. The van der Waals surface area contributed by atoms with Crippen LogP contribution in [-0.4, -0.2) is 43.8 Å². The van der Waals surface area contributed by atoms with Crippen LogP contribution in [0.4, 0.5) is 14.5 Å². The Kier molecular flexibility index (Phi) is 4.14. The first-order chi connectivity index (χ1) is 10.2. The Morgan fingerprint density at radius 3 is 2.71 bits per heavy atom. The fourth-order valence-electron chi connectivity index (χ4n) is 2.87. The van der Waals surface area contributed by atoms with Crippen molar-refractivity contribution < 1.29 is 18.3 Å². The number of alkyl halides is 2. The first-order valence-electron chi connectivity index (χ1n) is 7.29. The number of hydrogen-bond acceptors (Lipinski definition) is 4. The number of likely N-dealkylation sites (tertiary alicyclic amines) is 1. The van der Waals surface area contributed by atoms with Gasteiger partial charge in [-0.3, -0.25) is 4.90 Å². The second kappa shape index (κ2) is 6.05. The van der Waals surface area contributed by atoms with Crippen LogP contribution in [0.15, 0.2) is 18.2 Å². The Labute approximate surface area is 123 Å². The van der Waals surface area contributed by atoms with Gasteiger partial charge in [-0.25, -0.2) is 0 Å². The fourth-order valence-corrected chi connectivity index (χ4v) is 2.87. The first-order valence-corrected chi connectivity index (χ1v) is 7.29. The molecule has 1 saturated carbocycles. The summed E-state index contributed by atoms with van der Waals surface area (Å²) in [6.45, 7) is -0.730. The lowest BCUT2D eigenvalue weighted by Crippen LogP contribution is -2.27. The molecule has 1 atom stereocenters. The molecule has 1 aromatic rings. The molecule has 3 rings (SSSR count). The molecule has 1 aliphatic carbocycles. The number of anilines is 1. The Balaban J connectivity index is 1.64. The predicted molar refractivity (Wildman–Crippen MR) is 76.2 cm³/mol. The molecule has 0 radical (unpaired) electrons. The molecule has 116 valence electrons. The van der Waals surface area contributed by atoms with Crippen LogP contribution in [0.5, 0.6) is 11.5 Å². The summed E-state index contributed by atoms with van der Waals surface area (Å²) in [7, 11) is 1.44.